The molecule has 1 N–H and O–H groups in total. The number of carboxylic acids is 1. The number of aromatic carboxylic acids is 1. The predicted molar refractivity (Wildman–Crippen MR) is 73.8 cm³/mol. The van der Waals surface area contributed by atoms with Crippen LogP contribution in [0.25, 0.3) is 0 Å². The monoisotopic (exact) mass is 260 g/mol. The van der Waals surface area contributed by atoms with Crippen molar-refractivity contribution in [1.29, 1.82) is 0 Å². The van der Waals surface area contributed by atoms with Crippen LogP contribution in [0.5, 0.6) is 0 Å². The van der Waals surface area contributed by atoms with Gasteiger partial charge in [0.25, 0.3) is 0 Å². The van der Waals surface area contributed by atoms with Gasteiger partial charge in [0.05, 0.1) is 5.56 Å². The number of hydrogen-bond donors (Lipinski definition) is 1. The molecule has 0 aromatic heterocycles. The number of carbonyl (C=O) groups is 1. The highest BCUT2D eigenvalue weighted by Crippen LogP contribution is 2.11. The Bertz CT molecular complexity index is 518. The van der Waals surface area contributed by atoms with Gasteiger partial charge in [-0.1, -0.05) is 31.8 Å². The lowest BCUT2D eigenvalue weighted by Gasteiger charge is -2.03. The minimum Gasteiger partial charge on any atom is -0.478 e. The maximum absolute atomic E-state index is 13.6. The molecule has 0 amide bonds. The number of hydrogen-bond acceptors (Lipinski definition) is 1. The first kappa shape index (κ1) is 15.0. The molecular formula is C16H17FO2. The number of rotatable bonds is 4. The van der Waals surface area contributed by atoms with Crippen LogP contribution in [0.4, 0.5) is 4.39 Å². The molecule has 0 heterocycles. The highest BCUT2D eigenvalue weighted by molar-refractivity contribution is 5.87. The lowest BCUT2D eigenvalue weighted by Crippen LogP contribution is -2.00. The molecule has 1 atom stereocenters. The Balaban J connectivity index is 2.92. The highest BCUT2D eigenvalue weighted by atomic mass is 19.1. The standard InChI is InChI=1S/C16H17FO2/c1-3-5-13(15(17)4-2)9-6-12-7-10-14(11-8-12)16(18)19/h5,7-8,10-11,15H,3-4H2,1-2H3,(H,18,19)/b13-5-. The molecule has 1 aromatic rings. The van der Waals surface area contributed by atoms with E-state index in [0.29, 0.717) is 17.6 Å². The van der Waals surface area contributed by atoms with Gasteiger partial charge in [0, 0.05) is 11.1 Å². The van der Waals surface area contributed by atoms with E-state index in [4.69, 9.17) is 5.11 Å². The van der Waals surface area contributed by atoms with Gasteiger partial charge < -0.3 is 5.11 Å². The summed E-state index contributed by atoms with van der Waals surface area (Å²) in [6, 6.07) is 6.23. The Morgan fingerprint density at radius 2 is 2.00 bits per heavy atom. The van der Waals surface area contributed by atoms with Gasteiger partial charge in [-0.15, -0.1) is 0 Å². The van der Waals surface area contributed by atoms with E-state index in [1.807, 2.05) is 6.92 Å². The number of alkyl halides is 1. The summed E-state index contributed by atoms with van der Waals surface area (Å²) in [5.41, 5.74) is 1.38. The molecule has 0 spiro atoms. The van der Waals surface area contributed by atoms with Crippen LogP contribution in [-0.4, -0.2) is 17.2 Å². The topological polar surface area (TPSA) is 37.3 Å². The summed E-state index contributed by atoms with van der Waals surface area (Å²) in [6.45, 7) is 3.71. The molecule has 100 valence electrons. The van der Waals surface area contributed by atoms with Gasteiger partial charge in [-0.2, -0.15) is 0 Å². The van der Waals surface area contributed by atoms with Crippen molar-refractivity contribution in [2.24, 2.45) is 0 Å². The Hall–Kier alpha value is -2.08. The average molecular weight is 260 g/mol. The lowest BCUT2D eigenvalue weighted by atomic mass is 10.1. The molecule has 2 nitrogen and oxygen atoms in total. The Labute approximate surface area is 113 Å². The van der Waals surface area contributed by atoms with Gasteiger partial charge in [0.15, 0.2) is 0 Å². The SMILES string of the molecule is CC/C=C(/C#Cc1ccc(C(=O)O)cc1)C(F)CC. The summed E-state index contributed by atoms with van der Waals surface area (Å²) >= 11 is 0. The first-order chi connectivity index (χ1) is 9.08. The summed E-state index contributed by atoms with van der Waals surface area (Å²) < 4.78 is 13.6. The van der Waals surface area contributed by atoms with Gasteiger partial charge in [0.2, 0.25) is 0 Å². The number of benzene rings is 1. The summed E-state index contributed by atoms with van der Waals surface area (Å²) in [6.07, 6.45) is 1.89. The van der Waals surface area contributed by atoms with Gasteiger partial charge >= 0.3 is 5.97 Å². The number of allylic oxidation sites excluding steroid dienone is 2. The van der Waals surface area contributed by atoms with Gasteiger partial charge in [-0.3, -0.25) is 0 Å². The molecule has 19 heavy (non-hydrogen) atoms. The van der Waals surface area contributed by atoms with Gasteiger partial charge in [-0.05, 0) is 37.1 Å². The molecule has 0 bridgehead atoms. The van der Waals surface area contributed by atoms with Crippen molar-refractivity contribution < 1.29 is 14.3 Å². The number of halogens is 1. The third kappa shape index (κ3) is 4.59. The summed E-state index contributed by atoms with van der Waals surface area (Å²) in [5.74, 6) is 4.71. The van der Waals surface area contributed by atoms with E-state index in [1.165, 1.54) is 12.1 Å². The zero-order valence-corrected chi connectivity index (χ0v) is 11.1. The van der Waals surface area contributed by atoms with E-state index in [1.54, 1.807) is 25.1 Å². The fourth-order valence-corrected chi connectivity index (χ4v) is 1.54. The average Bonchev–Trinajstić information content (AvgIpc) is 2.43. The maximum atomic E-state index is 13.6. The van der Waals surface area contributed by atoms with Crippen molar-refractivity contribution in [1.82, 2.24) is 0 Å². The molecule has 0 radical (unpaired) electrons. The third-order valence-corrected chi connectivity index (χ3v) is 2.60. The summed E-state index contributed by atoms with van der Waals surface area (Å²) in [7, 11) is 0. The van der Waals surface area contributed by atoms with Crippen LogP contribution in [0.15, 0.2) is 35.9 Å². The van der Waals surface area contributed by atoms with Crippen molar-refractivity contribution in [3.8, 4) is 11.8 Å². The Morgan fingerprint density at radius 1 is 1.37 bits per heavy atom. The van der Waals surface area contributed by atoms with E-state index in [-0.39, 0.29) is 5.56 Å². The lowest BCUT2D eigenvalue weighted by molar-refractivity contribution is 0.0697. The fourth-order valence-electron chi connectivity index (χ4n) is 1.54. The molecule has 0 aliphatic rings. The third-order valence-electron chi connectivity index (χ3n) is 2.60. The Kier molecular flexibility index (Phi) is 5.81. The molecule has 0 saturated carbocycles. The van der Waals surface area contributed by atoms with Crippen molar-refractivity contribution >= 4 is 5.97 Å². The molecule has 0 fully saturated rings. The second-order valence-electron chi connectivity index (χ2n) is 4.08. The van der Waals surface area contributed by atoms with Crippen LogP contribution < -0.4 is 0 Å². The zero-order valence-electron chi connectivity index (χ0n) is 11.1. The van der Waals surface area contributed by atoms with Gasteiger partial charge in [0.1, 0.15) is 6.17 Å². The molecule has 0 aliphatic heterocycles. The molecule has 1 unspecified atom stereocenters. The second-order valence-corrected chi connectivity index (χ2v) is 4.08. The van der Waals surface area contributed by atoms with E-state index >= 15 is 0 Å². The van der Waals surface area contributed by atoms with Crippen molar-refractivity contribution in [3.63, 3.8) is 0 Å². The number of carboxylic acid groups (broad SMARTS) is 1. The van der Waals surface area contributed by atoms with Crippen LogP contribution in [0.2, 0.25) is 0 Å². The summed E-state index contributed by atoms with van der Waals surface area (Å²) in [5, 5.41) is 8.77. The van der Waals surface area contributed by atoms with Crippen LogP contribution in [-0.2, 0) is 0 Å². The van der Waals surface area contributed by atoms with E-state index in [9.17, 15) is 9.18 Å². The van der Waals surface area contributed by atoms with Crippen LogP contribution in [0.1, 0.15) is 42.6 Å². The van der Waals surface area contributed by atoms with Gasteiger partial charge in [-0.25, -0.2) is 9.18 Å². The second kappa shape index (κ2) is 7.38. The van der Waals surface area contributed by atoms with Crippen molar-refractivity contribution in [2.75, 3.05) is 0 Å². The molecule has 0 aliphatic carbocycles. The van der Waals surface area contributed by atoms with Crippen LogP contribution in [0, 0.1) is 11.8 Å². The molecule has 1 rings (SSSR count). The molecule has 1 aromatic carbocycles. The largest absolute Gasteiger partial charge is 0.478 e. The molecule has 3 heteroatoms. The first-order valence-electron chi connectivity index (χ1n) is 6.28. The smallest absolute Gasteiger partial charge is 0.335 e. The zero-order chi connectivity index (χ0) is 14.3. The van der Waals surface area contributed by atoms with Crippen molar-refractivity contribution in [2.45, 2.75) is 32.9 Å². The highest BCUT2D eigenvalue weighted by Gasteiger charge is 2.07. The van der Waals surface area contributed by atoms with Crippen LogP contribution >= 0.6 is 0 Å². The molecule has 0 saturated heterocycles. The van der Waals surface area contributed by atoms with E-state index < -0.39 is 12.1 Å². The summed E-state index contributed by atoms with van der Waals surface area (Å²) in [4.78, 5) is 10.7. The van der Waals surface area contributed by atoms with E-state index in [0.717, 1.165) is 6.42 Å². The van der Waals surface area contributed by atoms with E-state index in [2.05, 4.69) is 11.8 Å². The minimum atomic E-state index is -1.04. The predicted octanol–water partition coefficient (Wildman–Crippen LogP) is 3.82. The molecular weight excluding hydrogens is 243 g/mol. The minimum absolute atomic E-state index is 0.215. The van der Waals surface area contributed by atoms with Crippen LogP contribution in [0.3, 0.4) is 0 Å². The Morgan fingerprint density at radius 3 is 2.47 bits per heavy atom. The maximum Gasteiger partial charge on any atom is 0.335 e. The fraction of sp³-hybridized carbons (Fsp3) is 0.312. The van der Waals surface area contributed by atoms with Crippen molar-refractivity contribution in [3.05, 3.63) is 47.0 Å². The normalized spacial score (nSPS) is 12.5. The first-order valence-corrected chi connectivity index (χ1v) is 6.28. The quantitative estimate of drug-likeness (QED) is 0.835.